The van der Waals surface area contributed by atoms with Crippen molar-refractivity contribution in [2.45, 2.75) is 26.9 Å². The minimum Gasteiger partial charge on any atom is -0.469 e. The fourth-order valence-corrected chi connectivity index (χ4v) is 2.52. The fourth-order valence-electron chi connectivity index (χ4n) is 2.52. The van der Waals surface area contributed by atoms with E-state index < -0.39 is 11.9 Å². The number of aryl methyl sites for hydroxylation is 1. The largest absolute Gasteiger partial charge is 0.469 e. The summed E-state index contributed by atoms with van der Waals surface area (Å²) in [6, 6.07) is 9.23. The third kappa shape index (κ3) is 3.90. The Kier molecular flexibility index (Phi) is 5.52. The lowest BCUT2D eigenvalue weighted by molar-refractivity contribution is -0.139. The Hall–Kier alpha value is -2.89. The summed E-state index contributed by atoms with van der Waals surface area (Å²) in [6.07, 6.45) is -0.175. The number of ketones is 1. The minimum absolute atomic E-state index is 0.102. The van der Waals surface area contributed by atoms with Crippen molar-refractivity contribution in [3.63, 3.8) is 0 Å². The Balaban J connectivity index is 2.27. The lowest BCUT2D eigenvalue weighted by Gasteiger charge is -2.07. The van der Waals surface area contributed by atoms with Crippen LogP contribution >= 0.6 is 0 Å². The van der Waals surface area contributed by atoms with E-state index in [0.29, 0.717) is 16.8 Å². The van der Waals surface area contributed by atoms with E-state index in [-0.39, 0.29) is 24.5 Å². The van der Waals surface area contributed by atoms with E-state index in [1.165, 1.54) is 14.0 Å². The van der Waals surface area contributed by atoms with Crippen molar-refractivity contribution in [1.82, 2.24) is 4.98 Å². The van der Waals surface area contributed by atoms with E-state index in [2.05, 4.69) is 9.72 Å². The molecule has 1 heterocycles. The Labute approximate surface area is 139 Å². The smallest absolute Gasteiger partial charge is 0.355 e. The molecule has 6 heteroatoms. The van der Waals surface area contributed by atoms with Crippen molar-refractivity contribution in [2.24, 2.45) is 0 Å². The Morgan fingerprint density at radius 1 is 1.12 bits per heavy atom. The Bertz CT molecular complexity index is 761. The van der Waals surface area contributed by atoms with Crippen LogP contribution in [-0.4, -0.2) is 29.8 Å². The lowest BCUT2D eigenvalue weighted by atomic mass is 10.0. The molecule has 0 spiro atoms. The predicted octanol–water partition coefficient (Wildman–Crippen LogP) is 2.60. The molecule has 0 bridgehead atoms. The molecule has 0 atom stereocenters. The van der Waals surface area contributed by atoms with Crippen molar-refractivity contribution in [2.75, 3.05) is 7.11 Å². The number of carbonyl (C=O) groups excluding carboxylic acids is 3. The second-order valence-corrected chi connectivity index (χ2v) is 5.35. The molecule has 0 aliphatic heterocycles. The number of H-pyrrole nitrogens is 1. The van der Waals surface area contributed by atoms with Gasteiger partial charge in [0.25, 0.3) is 0 Å². The standard InChI is InChI=1S/C18H19NO5/c1-11-16(12(2)20)14(9-15(21)23-3)17(19-11)18(22)24-10-13-7-5-4-6-8-13/h4-8,19H,9-10H2,1-3H3. The molecular weight excluding hydrogens is 310 g/mol. The monoisotopic (exact) mass is 329 g/mol. The van der Waals surface area contributed by atoms with Crippen LogP contribution in [0.15, 0.2) is 30.3 Å². The first-order valence-corrected chi connectivity index (χ1v) is 7.44. The predicted molar refractivity (Wildman–Crippen MR) is 86.8 cm³/mol. The lowest BCUT2D eigenvalue weighted by Crippen LogP contribution is -2.13. The number of benzene rings is 1. The van der Waals surface area contributed by atoms with Gasteiger partial charge in [0.2, 0.25) is 0 Å². The summed E-state index contributed by atoms with van der Waals surface area (Å²) in [5, 5.41) is 0. The highest BCUT2D eigenvalue weighted by Gasteiger charge is 2.25. The van der Waals surface area contributed by atoms with Gasteiger partial charge in [-0.15, -0.1) is 0 Å². The molecule has 0 aliphatic rings. The molecule has 1 aromatic carbocycles. The Morgan fingerprint density at radius 3 is 2.38 bits per heavy atom. The third-order valence-electron chi connectivity index (χ3n) is 3.61. The van der Waals surface area contributed by atoms with Gasteiger partial charge < -0.3 is 14.5 Å². The molecule has 1 aromatic heterocycles. The molecule has 2 rings (SSSR count). The van der Waals surface area contributed by atoms with Gasteiger partial charge >= 0.3 is 11.9 Å². The highest BCUT2D eigenvalue weighted by atomic mass is 16.5. The molecular formula is C18H19NO5. The summed E-state index contributed by atoms with van der Waals surface area (Å²) in [6.45, 7) is 3.16. The summed E-state index contributed by atoms with van der Waals surface area (Å²) in [5.74, 6) is -1.38. The number of hydrogen-bond donors (Lipinski definition) is 1. The van der Waals surface area contributed by atoms with Crippen LogP contribution in [0.25, 0.3) is 0 Å². The van der Waals surface area contributed by atoms with Crippen molar-refractivity contribution in [3.05, 3.63) is 58.4 Å². The van der Waals surface area contributed by atoms with Gasteiger partial charge in [-0.3, -0.25) is 9.59 Å². The molecule has 6 nitrogen and oxygen atoms in total. The maximum absolute atomic E-state index is 12.4. The van der Waals surface area contributed by atoms with Crippen molar-refractivity contribution < 1.29 is 23.9 Å². The molecule has 0 radical (unpaired) electrons. The van der Waals surface area contributed by atoms with E-state index in [1.54, 1.807) is 6.92 Å². The molecule has 1 N–H and O–H groups in total. The van der Waals surface area contributed by atoms with Crippen LogP contribution < -0.4 is 0 Å². The maximum atomic E-state index is 12.4. The zero-order valence-electron chi connectivity index (χ0n) is 13.8. The molecule has 24 heavy (non-hydrogen) atoms. The second-order valence-electron chi connectivity index (χ2n) is 5.35. The summed E-state index contributed by atoms with van der Waals surface area (Å²) in [4.78, 5) is 38.7. The SMILES string of the molecule is COC(=O)Cc1c(C(=O)OCc2ccccc2)[nH]c(C)c1C(C)=O. The van der Waals surface area contributed by atoms with Crippen molar-refractivity contribution in [1.29, 1.82) is 0 Å². The van der Waals surface area contributed by atoms with Gasteiger partial charge in [-0.25, -0.2) is 4.79 Å². The van der Waals surface area contributed by atoms with Crippen molar-refractivity contribution in [3.8, 4) is 0 Å². The van der Waals surface area contributed by atoms with E-state index in [0.717, 1.165) is 5.56 Å². The summed E-state index contributed by atoms with van der Waals surface area (Å²) in [7, 11) is 1.25. The minimum atomic E-state index is -0.617. The van der Waals surface area contributed by atoms with Gasteiger partial charge in [0.1, 0.15) is 12.3 Å². The maximum Gasteiger partial charge on any atom is 0.355 e. The van der Waals surface area contributed by atoms with Gasteiger partial charge in [0, 0.05) is 16.8 Å². The highest BCUT2D eigenvalue weighted by molar-refractivity contribution is 6.02. The van der Waals surface area contributed by atoms with Crippen LogP contribution in [0.1, 0.15) is 44.6 Å². The topological polar surface area (TPSA) is 85.5 Å². The fraction of sp³-hybridized carbons (Fsp3) is 0.278. The number of esters is 2. The average Bonchev–Trinajstić information content (AvgIpc) is 2.89. The average molecular weight is 329 g/mol. The van der Waals surface area contributed by atoms with E-state index in [1.807, 2.05) is 30.3 Å². The molecule has 0 saturated heterocycles. The normalized spacial score (nSPS) is 10.3. The Morgan fingerprint density at radius 2 is 1.79 bits per heavy atom. The molecule has 0 saturated carbocycles. The number of aromatic amines is 1. The second kappa shape index (κ2) is 7.59. The molecule has 2 aromatic rings. The first-order valence-electron chi connectivity index (χ1n) is 7.44. The number of aromatic nitrogens is 1. The van der Waals surface area contributed by atoms with Gasteiger partial charge in [-0.05, 0) is 19.4 Å². The summed E-state index contributed by atoms with van der Waals surface area (Å²) < 4.78 is 9.93. The van der Waals surface area contributed by atoms with Crippen LogP contribution in [0.2, 0.25) is 0 Å². The molecule has 0 unspecified atom stereocenters. The van der Waals surface area contributed by atoms with Gasteiger partial charge in [-0.2, -0.15) is 0 Å². The zero-order valence-corrected chi connectivity index (χ0v) is 13.8. The highest BCUT2D eigenvalue weighted by Crippen LogP contribution is 2.22. The van der Waals surface area contributed by atoms with Crippen molar-refractivity contribution >= 4 is 17.7 Å². The summed E-state index contributed by atoms with van der Waals surface area (Å²) in [5.41, 5.74) is 2.11. The van der Waals surface area contributed by atoms with E-state index in [9.17, 15) is 14.4 Å². The number of ether oxygens (including phenoxy) is 2. The van der Waals surface area contributed by atoms with E-state index >= 15 is 0 Å². The van der Waals surface area contributed by atoms with Crippen LogP contribution in [0.5, 0.6) is 0 Å². The molecule has 0 amide bonds. The molecule has 0 fully saturated rings. The van der Waals surface area contributed by atoms with Gasteiger partial charge in [0.15, 0.2) is 5.78 Å². The number of nitrogens with one attached hydrogen (secondary N) is 1. The van der Waals surface area contributed by atoms with Crippen LogP contribution in [0.4, 0.5) is 0 Å². The number of carbonyl (C=O) groups is 3. The number of methoxy groups -OCH3 is 1. The van der Waals surface area contributed by atoms with Gasteiger partial charge in [0.05, 0.1) is 13.5 Å². The number of Topliss-reactive ketones (excluding diaryl/α,β-unsaturated/α-hetero) is 1. The van der Waals surface area contributed by atoms with E-state index in [4.69, 9.17) is 4.74 Å². The number of rotatable bonds is 6. The van der Waals surface area contributed by atoms with Crippen LogP contribution in [0.3, 0.4) is 0 Å². The summed E-state index contributed by atoms with van der Waals surface area (Å²) >= 11 is 0. The first-order chi connectivity index (χ1) is 11.4. The van der Waals surface area contributed by atoms with Crippen LogP contribution in [-0.2, 0) is 27.3 Å². The third-order valence-corrected chi connectivity index (χ3v) is 3.61. The van der Waals surface area contributed by atoms with Gasteiger partial charge in [-0.1, -0.05) is 30.3 Å². The zero-order chi connectivity index (χ0) is 17.7. The quantitative estimate of drug-likeness (QED) is 0.650. The number of hydrogen-bond acceptors (Lipinski definition) is 5. The van der Waals surface area contributed by atoms with Crippen LogP contribution in [0, 0.1) is 6.92 Å². The first kappa shape index (κ1) is 17.5. The molecule has 0 aliphatic carbocycles. The molecule has 126 valence electrons.